The van der Waals surface area contributed by atoms with Crippen molar-refractivity contribution in [3.63, 3.8) is 0 Å². The van der Waals surface area contributed by atoms with Gasteiger partial charge in [0.15, 0.2) is 0 Å². The van der Waals surface area contributed by atoms with Gasteiger partial charge in [0, 0.05) is 26.3 Å². The van der Waals surface area contributed by atoms with Gasteiger partial charge in [-0.2, -0.15) is 0 Å². The van der Waals surface area contributed by atoms with Crippen molar-refractivity contribution in [3.8, 4) is 0 Å². The fourth-order valence-electron chi connectivity index (χ4n) is 3.43. The molecular weight excluding hydrogens is 228 g/mol. The standard InChI is InChI=1S/C14H26N2O2/c1-10(14(17)15-6-3-7-18-2)16-13-9-11-4-5-12(13)8-11/h10-13,16H,3-9H2,1-2H3,(H,15,17). The number of nitrogens with one attached hydrogen (secondary N) is 2. The molecule has 4 heteroatoms. The Bertz CT molecular complexity index is 283. The molecule has 2 bridgehead atoms. The summed E-state index contributed by atoms with van der Waals surface area (Å²) in [4.78, 5) is 11.9. The Morgan fingerprint density at radius 3 is 2.83 bits per heavy atom. The maximum absolute atomic E-state index is 11.9. The molecule has 0 saturated heterocycles. The summed E-state index contributed by atoms with van der Waals surface area (Å²) in [6.45, 7) is 3.38. The van der Waals surface area contributed by atoms with Gasteiger partial charge in [-0.15, -0.1) is 0 Å². The highest BCUT2D eigenvalue weighted by Gasteiger charge is 2.40. The Hall–Kier alpha value is -0.610. The molecule has 0 radical (unpaired) electrons. The number of hydrogen-bond acceptors (Lipinski definition) is 3. The average Bonchev–Trinajstić information content (AvgIpc) is 2.96. The van der Waals surface area contributed by atoms with Crippen LogP contribution in [0, 0.1) is 11.8 Å². The zero-order valence-corrected chi connectivity index (χ0v) is 11.6. The second kappa shape index (κ2) is 6.53. The molecular formula is C14H26N2O2. The summed E-state index contributed by atoms with van der Waals surface area (Å²) in [5.74, 6) is 1.86. The topological polar surface area (TPSA) is 50.4 Å². The molecule has 2 aliphatic rings. The minimum Gasteiger partial charge on any atom is -0.385 e. The van der Waals surface area contributed by atoms with Crippen LogP contribution < -0.4 is 10.6 Å². The second-order valence-electron chi connectivity index (χ2n) is 5.81. The van der Waals surface area contributed by atoms with Crippen molar-refractivity contribution in [2.45, 2.75) is 51.1 Å². The van der Waals surface area contributed by atoms with Gasteiger partial charge in [0.1, 0.15) is 0 Å². The number of hydrogen-bond donors (Lipinski definition) is 2. The first-order valence-electron chi connectivity index (χ1n) is 7.23. The molecule has 2 rings (SSSR count). The van der Waals surface area contributed by atoms with Crippen LogP contribution in [0.1, 0.15) is 39.0 Å². The van der Waals surface area contributed by atoms with Crippen molar-refractivity contribution in [2.75, 3.05) is 20.3 Å². The maximum atomic E-state index is 11.9. The summed E-state index contributed by atoms with van der Waals surface area (Å²) in [5, 5.41) is 6.46. The molecule has 0 aromatic heterocycles. The van der Waals surface area contributed by atoms with Crippen LogP contribution >= 0.6 is 0 Å². The summed E-state index contributed by atoms with van der Waals surface area (Å²) < 4.78 is 4.96. The van der Waals surface area contributed by atoms with Gasteiger partial charge < -0.3 is 15.4 Å². The zero-order valence-electron chi connectivity index (χ0n) is 11.6. The van der Waals surface area contributed by atoms with E-state index < -0.39 is 0 Å². The number of amides is 1. The van der Waals surface area contributed by atoms with Crippen molar-refractivity contribution >= 4 is 5.91 Å². The lowest BCUT2D eigenvalue weighted by atomic mass is 9.95. The highest BCUT2D eigenvalue weighted by atomic mass is 16.5. The molecule has 0 aromatic rings. The van der Waals surface area contributed by atoms with E-state index in [1.54, 1.807) is 7.11 Å². The predicted molar refractivity (Wildman–Crippen MR) is 71.3 cm³/mol. The summed E-state index contributed by atoms with van der Waals surface area (Å²) in [6.07, 6.45) is 6.28. The molecule has 2 fully saturated rings. The molecule has 4 unspecified atom stereocenters. The Kier molecular flexibility index (Phi) is 5.01. The zero-order chi connectivity index (χ0) is 13.0. The van der Waals surface area contributed by atoms with Gasteiger partial charge in [0.25, 0.3) is 0 Å². The van der Waals surface area contributed by atoms with Gasteiger partial charge >= 0.3 is 0 Å². The Morgan fingerprint density at radius 2 is 2.22 bits per heavy atom. The minimum atomic E-state index is -0.0723. The largest absolute Gasteiger partial charge is 0.385 e. The lowest BCUT2D eigenvalue weighted by Crippen LogP contribution is -2.48. The van der Waals surface area contributed by atoms with E-state index in [0.29, 0.717) is 19.2 Å². The Morgan fingerprint density at radius 1 is 1.39 bits per heavy atom. The maximum Gasteiger partial charge on any atom is 0.236 e. The van der Waals surface area contributed by atoms with Gasteiger partial charge in [0.2, 0.25) is 5.91 Å². The minimum absolute atomic E-state index is 0.0723. The normalized spacial score (nSPS) is 31.6. The van der Waals surface area contributed by atoms with Crippen LogP contribution in [0.25, 0.3) is 0 Å². The van der Waals surface area contributed by atoms with Crippen molar-refractivity contribution in [2.24, 2.45) is 11.8 Å². The van der Waals surface area contributed by atoms with Gasteiger partial charge in [-0.3, -0.25) is 4.79 Å². The van der Waals surface area contributed by atoms with E-state index in [4.69, 9.17) is 4.74 Å². The summed E-state index contributed by atoms with van der Waals surface area (Å²) in [5.41, 5.74) is 0. The number of fused-ring (bicyclic) bond motifs is 2. The van der Waals surface area contributed by atoms with E-state index in [-0.39, 0.29) is 11.9 Å². The van der Waals surface area contributed by atoms with Crippen LogP contribution in [0.5, 0.6) is 0 Å². The third-order valence-corrected chi connectivity index (χ3v) is 4.42. The highest BCUT2D eigenvalue weighted by Crippen LogP contribution is 2.44. The molecule has 0 aliphatic heterocycles. The van der Waals surface area contributed by atoms with Crippen molar-refractivity contribution in [1.82, 2.24) is 10.6 Å². The second-order valence-corrected chi connectivity index (χ2v) is 5.81. The van der Waals surface area contributed by atoms with Gasteiger partial charge in [-0.05, 0) is 44.4 Å². The molecule has 2 saturated carbocycles. The van der Waals surface area contributed by atoms with Gasteiger partial charge in [-0.25, -0.2) is 0 Å². The van der Waals surface area contributed by atoms with Crippen molar-refractivity contribution < 1.29 is 9.53 Å². The molecule has 2 aliphatic carbocycles. The molecule has 104 valence electrons. The summed E-state index contributed by atoms with van der Waals surface area (Å²) in [6, 6.07) is 0.500. The number of ether oxygens (including phenoxy) is 1. The van der Waals surface area contributed by atoms with Crippen molar-refractivity contribution in [3.05, 3.63) is 0 Å². The van der Waals surface area contributed by atoms with Crippen LogP contribution in [0.3, 0.4) is 0 Å². The van der Waals surface area contributed by atoms with Gasteiger partial charge in [0.05, 0.1) is 6.04 Å². The molecule has 4 nitrogen and oxygen atoms in total. The lowest BCUT2D eigenvalue weighted by Gasteiger charge is -2.26. The third kappa shape index (κ3) is 3.45. The van der Waals surface area contributed by atoms with Crippen LogP contribution in [-0.2, 0) is 9.53 Å². The SMILES string of the molecule is COCCCNC(=O)C(C)NC1CC2CCC1C2. The lowest BCUT2D eigenvalue weighted by molar-refractivity contribution is -0.123. The smallest absolute Gasteiger partial charge is 0.236 e. The molecule has 1 amide bonds. The van der Waals surface area contributed by atoms with E-state index >= 15 is 0 Å². The first kappa shape index (κ1) is 13.8. The fourth-order valence-corrected chi connectivity index (χ4v) is 3.43. The molecule has 0 heterocycles. The van der Waals surface area contributed by atoms with Crippen LogP contribution in [-0.4, -0.2) is 38.3 Å². The molecule has 4 atom stereocenters. The number of carbonyl (C=O) groups is 1. The summed E-state index contributed by atoms with van der Waals surface area (Å²) >= 11 is 0. The van der Waals surface area contributed by atoms with Gasteiger partial charge in [-0.1, -0.05) is 6.42 Å². The number of rotatable bonds is 7. The monoisotopic (exact) mass is 254 g/mol. The highest BCUT2D eigenvalue weighted by molar-refractivity contribution is 5.81. The van der Waals surface area contributed by atoms with E-state index in [9.17, 15) is 4.79 Å². The quantitative estimate of drug-likeness (QED) is 0.673. The van der Waals surface area contributed by atoms with Crippen molar-refractivity contribution in [1.29, 1.82) is 0 Å². The number of methoxy groups -OCH3 is 1. The molecule has 2 N–H and O–H groups in total. The van der Waals surface area contributed by atoms with Crippen LogP contribution in [0.4, 0.5) is 0 Å². The predicted octanol–water partition coefficient (Wildman–Crippen LogP) is 1.31. The molecule has 0 spiro atoms. The number of carbonyl (C=O) groups excluding carboxylic acids is 1. The Labute approximate surface area is 110 Å². The first-order chi connectivity index (χ1) is 8.70. The van der Waals surface area contributed by atoms with E-state index in [1.165, 1.54) is 25.7 Å². The Balaban J connectivity index is 1.64. The van der Waals surface area contributed by atoms with Crippen LogP contribution in [0.2, 0.25) is 0 Å². The summed E-state index contributed by atoms with van der Waals surface area (Å²) in [7, 11) is 1.68. The van der Waals surface area contributed by atoms with E-state index in [0.717, 1.165) is 18.3 Å². The average molecular weight is 254 g/mol. The third-order valence-electron chi connectivity index (χ3n) is 4.42. The van der Waals surface area contributed by atoms with Crippen LogP contribution in [0.15, 0.2) is 0 Å². The first-order valence-corrected chi connectivity index (χ1v) is 7.23. The van der Waals surface area contributed by atoms with E-state index in [2.05, 4.69) is 10.6 Å². The fraction of sp³-hybridized carbons (Fsp3) is 0.929. The molecule has 18 heavy (non-hydrogen) atoms. The van der Waals surface area contributed by atoms with E-state index in [1.807, 2.05) is 6.92 Å². The molecule has 0 aromatic carbocycles.